The van der Waals surface area contributed by atoms with Gasteiger partial charge in [0.05, 0.1) is 25.0 Å². The predicted molar refractivity (Wildman–Crippen MR) is 95.6 cm³/mol. The molecule has 11 heteroatoms. The van der Waals surface area contributed by atoms with Gasteiger partial charge in [0.1, 0.15) is 11.4 Å². The Hall–Kier alpha value is -2.53. The molecule has 1 aliphatic rings. The number of halogens is 1. The molecular formula is C16H21FN4O5S. The van der Waals surface area contributed by atoms with Crippen LogP contribution in [0.15, 0.2) is 24.3 Å². The molecule has 0 aromatic heterocycles. The summed E-state index contributed by atoms with van der Waals surface area (Å²) in [4.78, 5) is 37.8. The van der Waals surface area contributed by atoms with Crippen LogP contribution < -0.4 is 10.6 Å². The van der Waals surface area contributed by atoms with Gasteiger partial charge in [0.2, 0.25) is 27.7 Å². The Morgan fingerprint density at radius 3 is 2.52 bits per heavy atom. The van der Waals surface area contributed by atoms with E-state index >= 15 is 0 Å². The van der Waals surface area contributed by atoms with Crippen LogP contribution >= 0.6 is 0 Å². The van der Waals surface area contributed by atoms with E-state index in [1.807, 2.05) is 0 Å². The SMILES string of the molecule is CN1C(=O)CN(S(C)(=O)=O)CC1(C)C(=O)NCC(=O)Nc1ccccc1F. The van der Waals surface area contributed by atoms with E-state index in [1.165, 1.54) is 32.2 Å². The van der Waals surface area contributed by atoms with E-state index in [0.717, 1.165) is 15.5 Å². The van der Waals surface area contributed by atoms with Gasteiger partial charge in [-0.05, 0) is 19.1 Å². The number of rotatable bonds is 5. The van der Waals surface area contributed by atoms with Crippen LogP contribution in [0.1, 0.15) is 6.92 Å². The summed E-state index contributed by atoms with van der Waals surface area (Å²) in [5.74, 6) is -2.53. The van der Waals surface area contributed by atoms with E-state index < -0.39 is 45.6 Å². The Balaban J connectivity index is 2.05. The van der Waals surface area contributed by atoms with Gasteiger partial charge in [0, 0.05) is 13.6 Å². The smallest absolute Gasteiger partial charge is 0.247 e. The van der Waals surface area contributed by atoms with Gasteiger partial charge in [-0.15, -0.1) is 0 Å². The molecule has 0 saturated carbocycles. The van der Waals surface area contributed by atoms with E-state index in [1.54, 1.807) is 6.07 Å². The number of para-hydroxylation sites is 1. The van der Waals surface area contributed by atoms with Gasteiger partial charge in [0.25, 0.3) is 0 Å². The third-order valence-electron chi connectivity index (χ3n) is 4.43. The fourth-order valence-corrected chi connectivity index (χ4v) is 3.43. The number of piperazine rings is 1. The van der Waals surface area contributed by atoms with Gasteiger partial charge in [-0.1, -0.05) is 12.1 Å². The number of carbonyl (C=O) groups is 3. The van der Waals surface area contributed by atoms with Crippen molar-refractivity contribution in [2.75, 3.05) is 38.3 Å². The number of benzene rings is 1. The first-order valence-electron chi connectivity index (χ1n) is 7.99. The summed E-state index contributed by atoms with van der Waals surface area (Å²) < 4.78 is 38.0. The minimum atomic E-state index is -3.68. The molecular weight excluding hydrogens is 379 g/mol. The van der Waals surface area contributed by atoms with Crippen molar-refractivity contribution in [3.05, 3.63) is 30.1 Å². The van der Waals surface area contributed by atoms with E-state index in [4.69, 9.17) is 0 Å². The maximum absolute atomic E-state index is 13.5. The predicted octanol–water partition coefficient (Wildman–Crippen LogP) is -0.627. The molecule has 1 saturated heterocycles. The minimum absolute atomic E-state index is 0.0313. The normalized spacial score (nSPS) is 21.0. The van der Waals surface area contributed by atoms with Gasteiger partial charge in [-0.25, -0.2) is 12.8 Å². The van der Waals surface area contributed by atoms with Gasteiger partial charge >= 0.3 is 0 Å². The maximum Gasteiger partial charge on any atom is 0.247 e. The number of hydrogen-bond donors (Lipinski definition) is 2. The molecule has 1 atom stereocenters. The maximum atomic E-state index is 13.5. The summed E-state index contributed by atoms with van der Waals surface area (Å²) in [6.07, 6.45) is 0.950. The summed E-state index contributed by atoms with van der Waals surface area (Å²) in [7, 11) is -2.29. The summed E-state index contributed by atoms with van der Waals surface area (Å²) in [5, 5.41) is 4.69. The van der Waals surface area contributed by atoms with Crippen LogP contribution in [0.3, 0.4) is 0 Å². The molecule has 148 valence electrons. The number of nitrogens with one attached hydrogen (secondary N) is 2. The topological polar surface area (TPSA) is 116 Å². The van der Waals surface area contributed by atoms with Gasteiger partial charge in [0.15, 0.2) is 0 Å². The van der Waals surface area contributed by atoms with Crippen molar-refractivity contribution in [1.82, 2.24) is 14.5 Å². The lowest BCUT2D eigenvalue weighted by atomic mass is 9.96. The second-order valence-electron chi connectivity index (χ2n) is 6.47. The Morgan fingerprint density at radius 1 is 1.30 bits per heavy atom. The third-order valence-corrected chi connectivity index (χ3v) is 5.62. The standard InChI is InChI=1S/C16H21FN4O5S/c1-16(10-21(27(3,25)26)9-14(23)20(16)2)15(24)18-8-13(22)19-12-7-5-4-6-11(12)17/h4-7H,8-10H2,1-3H3,(H,18,24)(H,19,22). The molecule has 1 fully saturated rings. The largest absolute Gasteiger partial charge is 0.345 e. The average Bonchev–Trinajstić information content (AvgIpc) is 2.58. The van der Waals surface area contributed by atoms with Crippen LogP contribution in [-0.4, -0.2) is 73.8 Å². The lowest BCUT2D eigenvalue weighted by Gasteiger charge is -2.44. The fraction of sp³-hybridized carbons (Fsp3) is 0.438. The molecule has 3 amide bonds. The Kier molecular flexibility index (Phi) is 5.85. The van der Waals surface area contributed by atoms with Gasteiger partial charge in [-0.2, -0.15) is 4.31 Å². The Bertz CT molecular complexity index is 875. The summed E-state index contributed by atoms with van der Waals surface area (Å²) in [5.41, 5.74) is -1.52. The molecule has 0 aliphatic carbocycles. The van der Waals surface area contributed by atoms with E-state index in [2.05, 4.69) is 10.6 Å². The van der Waals surface area contributed by atoms with E-state index in [9.17, 15) is 27.2 Å². The lowest BCUT2D eigenvalue weighted by Crippen LogP contribution is -2.68. The minimum Gasteiger partial charge on any atom is -0.345 e. The van der Waals surface area contributed by atoms with Crippen LogP contribution in [0.4, 0.5) is 10.1 Å². The van der Waals surface area contributed by atoms with Crippen molar-refractivity contribution >= 4 is 33.4 Å². The molecule has 0 bridgehead atoms. The van der Waals surface area contributed by atoms with Crippen molar-refractivity contribution in [2.24, 2.45) is 0 Å². The van der Waals surface area contributed by atoms with Crippen molar-refractivity contribution in [3.8, 4) is 0 Å². The van der Waals surface area contributed by atoms with Crippen molar-refractivity contribution < 1.29 is 27.2 Å². The van der Waals surface area contributed by atoms with Crippen LogP contribution in [-0.2, 0) is 24.4 Å². The van der Waals surface area contributed by atoms with E-state index in [0.29, 0.717) is 0 Å². The Morgan fingerprint density at radius 2 is 1.93 bits per heavy atom. The zero-order valence-electron chi connectivity index (χ0n) is 15.2. The zero-order chi connectivity index (χ0) is 20.4. The summed E-state index contributed by atoms with van der Waals surface area (Å²) in [6, 6.07) is 5.56. The first kappa shape index (κ1) is 20.8. The molecule has 2 N–H and O–H groups in total. The lowest BCUT2D eigenvalue weighted by molar-refractivity contribution is -0.150. The number of hydrogen-bond acceptors (Lipinski definition) is 5. The molecule has 0 spiro atoms. The average molecular weight is 400 g/mol. The van der Waals surface area contributed by atoms with Gasteiger partial charge < -0.3 is 15.5 Å². The van der Waals surface area contributed by atoms with Crippen LogP contribution in [0, 0.1) is 5.82 Å². The van der Waals surface area contributed by atoms with Crippen LogP contribution in [0.5, 0.6) is 0 Å². The number of likely N-dealkylation sites (N-methyl/N-ethyl adjacent to an activating group) is 1. The second-order valence-corrected chi connectivity index (χ2v) is 8.45. The second kappa shape index (κ2) is 7.61. The van der Waals surface area contributed by atoms with E-state index in [-0.39, 0.29) is 18.8 Å². The first-order valence-corrected chi connectivity index (χ1v) is 9.84. The number of carbonyl (C=O) groups excluding carboxylic acids is 3. The quantitative estimate of drug-likeness (QED) is 0.683. The van der Waals surface area contributed by atoms with Crippen LogP contribution in [0.25, 0.3) is 0 Å². The highest BCUT2D eigenvalue weighted by Crippen LogP contribution is 2.22. The zero-order valence-corrected chi connectivity index (χ0v) is 16.0. The number of sulfonamides is 1. The molecule has 1 aromatic rings. The van der Waals surface area contributed by atoms with Crippen molar-refractivity contribution in [1.29, 1.82) is 0 Å². The number of anilines is 1. The third kappa shape index (κ3) is 4.61. The molecule has 0 radical (unpaired) electrons. The first-order chi connectivity index (χ1) is 12.4. The number of nitrogens with zero attached hydrogens (tertiary/aromatic N) is 2. The molecule has 1 heterocycles. The van der Waals surface area contributed by atoms with Crippen molar-refractivity contribution in [3.63, 3.8) is 0 Å². The molecule has 2 rings (SSSR count). The summed E-state index contributed by atoms with van der Waals surface area (Å²) in [6.45, 7) is 0.344. The monoisotopic (exact) mass is 400 g/mol. The fourth-order valence-electron chi connectivity index (χ4n) is 2.60. The number of amides is 3. The molecule has 1 aliphatic heterocycles. The molecule has 1 aromatic carbocycles. The summed E-state index contributed by atoms with van der Waals surface area (Å²) >= 11 is 0. The highest BCUT2D eigenvalue weighted by atomic mass is 32.2. The highest BCUT2D eigenvalue weighted by Gasteiger charge is 2.47. The Labute approximate surface area is 156 Å². The van der Waals surface area contributed by atoms with Crippen molar-refractivity contribution in [2.45, 2.75) is 12.5 Å². The molecule has 9 nitrogen and oxygen atoms in total. The van der Waals surface area contributed by atoms with Crippen LogP contribution in [0.2, 0.25) is 0 Å². The highest BCUT2D eigenvalue weighted by molar-refractivity contribution is 7.88. The molecule has 27 heavy (non-hydrogen) atoms. The van der Waals surface area contributed by atoms with Gasteiger partial charge in [-0.3, -0.25) is 14.4 Å². The molecule has 1 unspecified atom stereocenters.